The molecule has 0 unspecified atom stereocenters. The molecule has 5 heteroatoms. The smallest absolute Gasteiger partial charge is 0.225 e. The molecule has 23 heavy (non-hydrogen) atoms. The zero-order chi connectivity index (χ0) is 15.5. The summed E-state index contributed by atoms with van der Waals surface area (Å²) in [5, 5.41) is 3.68. The van der Waals surface area contributed by atoms with Crippen molar-refractivity contribution in [1.82, 2.24) is 15.3 Å². The van der Waals surface area contributed by atoms with E-state index in [9.17, 15) is 0 Å². The van der Waals surface area contributed by atoms with E-state index in [4.69, 9.17) is 0 Å². The van der Waals surface area contributed by atoms with Crippen LogP contribution in [0.4, 0.5) is 5.95 Å². The minimum atomic E-state index is 0.436. The Hall–Kier alpha value is -1.59. The molecule has 4 rings (SSSR count). The van der Waals surface area contributed by atoms with E-state index >= 15 is 0 Å². The molecular weight excluding hydrogens is 304 g/mol. The molecule has 1 aromatic carbocycles. The van der Waals surface area contributed by atoms with Crippen molar-refractivity contribution in [3.8, 4) is 0 Å². The van der Waals surface area contributed by atoms with Crippen molar-refractivity contribution in [2.75, 3.05) is 23.7 Å². The zero-order valence-corrected chi connectivity index (χ0v) is 14.1. The van der Waals surface area contributed by atoms with Gasteiger partial charge in [-0.1, -0.05) is 18.2 Å². The van der Waals surface area contributed by atoms with Gasteiger partial charge in [0.2, 0.25) is 5.95 Å². The van der Waals surface area contributed by atoms with Crippen molar-refractivity contribution in [2.24, 2.45) is 0 Å². The van der Waals surface area contributed by atoms with Gasteiger partial charge < -0.3 is 10.2 Å². The van der Waals surface area contributed by atoms with Crippen molar-refractivity contribution >= 4 is 17.7 Å². The molecule has 1 N–H and O–H groups in total. The summed E-state index contributed by atoms with van der Waals surface area (Å²) in [6, 6.07) is 9.16. The van der Waals surface area contributed by atoms with Crippen molar-refractivity contribution in [1.29, 1.82) is 0 Å². The maximum absolute atomic E-state index is 4.54. The second-order valence-electron chi connectivity index (χ2n) is 6.19. The van der Waals surface area contributed by atoms with Gasteiger partial charge in [0, 0.05) is 48.5 Å². The molecule has 1 aromatic heterocycles. The van der Waals surface area contributed by atoms with Crippen LogP contribution >= 0.6 is 11.8 Å². The number of thioether (sulfide) groups is 1. The lowest BCUT2D eigenvalue weighted by atomic mass is 10.0. The number of benzene rings is 1. The fourth-order valence-electron chi connectivity index (χ4n) is 3.31. The van der Waals surface area contributed by atoms with Crippen LogP contribution in [-0.2, 0) is 6.54 Å². The number of anilines is 1. The molecule has 0 spiro atoms. The van der Waals surface area contributed by atoms with Crippen LogP contribution in [0, 0.1) is 0 Å². The Balaban J connectivity index is 1.39. The Kier molecular flexibility index (Phi) is 4.48. The first-order chi connectivity index (χ1) is 11.4. The van der Waals surface area contributed by atoms with Gasteiger partial charge in [-0.15, -0.1) is 11.8 Å². The Morgan fingerprint density at radius 2 is 1.91 bits per heavy atom. The number of rotatable bonds is 4. The van der Waals surface area contributed by atoms with Gasteiger partial charge in [0.05, 0.1) is 0 Å². The van der Waals surface area contributed by atoms with Crippen LogP contribution in [0.15, 0.2) is 41.6 Å². The van der Waals surface area contributed by atoms with Gasteiger partial charge in [0.15, 0.2) is 0 Å². The fourth-order valence-corrected chi connectivity index (χ4v) is 4.44. The van der Waals surface area contributed by atoms with Crippen LogP contribution in [0.1, 0.15) is 36.4 Å². The SMILES string of the molecule is c1ccc2c(c1)SCC[C@@H]2NCc1cnc(N2CCCC2)nc1. The van der Waals surface area contributed by atoms with E-state index in [2.05, 4.69) is 44.5 Å². The molecular formula is C18H22N4S. The Morgan fingerprint density at radius 1 is 1.13 bits per heavy atom. The third kappa shape index (κ3) is 3.35. The first-order valence-corrected chi connectivity index (χ1v) is 9.40. The van der Waals surface area contributed by atoms with Crippen molar-refractivity contribution in [3.63, 3.8) is 0 Å². The average Bonchev–Trinajstić information content (AvgIpc) is 3.15. The third-order valence-electron chi connectivity index (χ3n) is 4.59. The van der Waals surface area contributed by atoms with Gasteiger partial charge in [0.25, 0.3) is 0 Å². The molecule has 4 nitrogen and oxygen atoms in total. The van der Waals surface area contributed by atoms with Crippen LogP contribution in [0.2, 0.25) is 0 Å². The molecule has 1 saturated heterocycles. The highest BCUT2D eigenvalue weighted by Gasteiger charge is 2.20. The molecule has 2 aromatic rings. The summed E-state index contributed by atoms with van der Waals surface area (Å²) in [6.07, 6.45) is 7.63. The summed E-state index contributed by atoms with van der Waals surface area (Å²) in [4.78, 5) is 12.8. The Bertz CT molecular complexity index is 652. The average molecular weight is 326 g/mol. The van der Waals surface area contributed by atoms with Crippen molar-refractivity contribution in [2.45, 2.75) is 36.7 Å². The maximum Gasteiger partial charge on any atom is 0.225 e. The number of fused-ring (bicyclic) bond motifs is 1. The molecule has 1 fully saturated rings. The van der Waals surface area contributed by atoms with Crippen LogP contribution < -0.4 is 10.2 Å². The lowest BCUT2D eigenvalue weighted by molar-refractivity contribution is 0.509. The summed E-state index contributed by atoms with van der Waals surface area (Å²) in [7, 11) is 0. The summed E-state index contributed by atoms with van der Waals surface area (Å²) in [6.45, 7) is 3.01. The number of aromatic nitrogens is 2. The standard InChI is InChI=1S/C18H22N4S/c1-2-6-17-15(5-1)16(7-10-23-17)19-11-14-12-20-18(21-13-14)22-8-3-4-9-22/h1-2,5-6,12-13,16,19H,3-4,7-11H2/t16-/m0/s1. The van der Waals surface area contributed by atoms with Crippen LogP contribution in [0.3, 0.4) is 0 Å². The van der Waals surface area contributed by atoms with Gasteiger partial charge >= 0.3 is 0 Å². The number of hydrogen-bond donors (Lipinski definition) is 1. The van der Waals surface area contributed by atoms with E-state index in [1.807, 2.05) is 24.2 Å². The molecule has 120 valence electrons. The highest BCUT2D eigenvalue weighted by atomic mass is 32.2. The number of hydrogen-bond acceptors (Lipinski definition) is 5. The minimum absolute atomic E-state index is 0.436. The predicted octanol–water partition coefficient (Wildman–Crippen LogP) is 3.40. The van der Waals surface area contributed by atoms with E-state index in [0.29, 0.717) is 6.04 Å². The van der Waals surface area contributed by atoms with E-state index in [1.165, 1.54) is 35.5 Å². The summed E-state index contributed by atoms with van der Waals surface area (Å²) < 4.78 is 0. The first-order valence-electron chi connectivity index (χ1n) is 8.41. The van der Waals surface area contributed by atoms with Crippen molar-refractivity contribution < 1.29 is 0 Å². The monoisotopic (exact) mass is 326 g/mol. The number of nitrogens with one attached hydrogen (secondary N) is 1. The largest absolute Gasteiger partial charge is 0.341 e. The van der Waals surface area contributed by atoms with Gasteiger partial charge in [-0.05, 0) is 36.6 Å². The van der Waals surface area contributed by atoms with Gasteiger partial charge in [-0.25, -0.2) is 9.97 Å². The molecule has 0 amide bonds. The first kappa shape index (κ1) is 15.0. The summed E-state index contributed by atoms with van der Waals surface area (Å²) in [5.41, 5.74) is 2.59. The molecule has 0 radical (unpaired) electrons. The molecule has 0 aliphatic carbocycles. The Morgan fingerprint density at radius 3 is 2.74 bits per heavy atom. The summed E-state index contributed by atoms with van der Waals surface area (Å²) in [5.74, 6) is 2.06. The lowest BCUT2D eigenvalue weighted by Gasteiger charge is -2.26. The quantitative estimate of drug-likeness (QED) is 0.932. The lowest BCUT2D eigenvalue weighted by Crippen LogP contribution is -2.25. The number of nitrogens with zero attached hydrogens (tertiary/aromatic N) is 3. The van der Waals surface area contributed by atoms with E-state index in [1.54, 1.807) is 0 Å². The van der Waals surface area contributed by atoms with E-state index < -0.39 is 0 Å². The van der Waals surface area contributed by atoms with Crippen LogP contribution in [-0.4, -0.2) is 28.8 Å². The summed E-state index contributed by atoms with van der Waals surface area (Å²) >= 11 is 1.96. The Labute approximate surface area is 141 Å². The topological polar surface area (TPSA) is 41.1 Å². The van der Waals surface area contributed by atoms with Gasteiger partial charge in [-0.2, -0.15) is 0 Å². The maximum atomic E-state index is 4.54. The predicted molar refractivity (Wildman–Crippen MR) is 94.8 cm³/mol. The van der Waals surface area contributed by atoms with Crippen LogP contribution in [0.5, 0.6) is 0 Å². The van der Waals surface area contributed by atoms with Crippen molar-refractivity contribution in [3.05, 3.63) is 47.8 Å². The molecule has 3 heterocycles. The normalized spacial score (nSPS) is 20.5. The second-order valence-corrected chi connectivity index (χ2v) is 7.33. The third-order valence-corrected chi connectivity index (χ3v) is 5.71. The highest BCUT2D eigenvalue weighted by molar-refractivity contribution is 7.99. The highest BCUT2D eigenvalue weighted by Crippen LogP contribution is 2.35. The van der Waals surface area contributed by atoms with E-state index in [0.717, 1.165) is 31.1 Å². The zero-order valence-electron chi connectivity index (χ0n) is 13.2. The molecule has 1 atom stereocenters. The van der Waals surface area contributed by atoms with Crippen LogP contribution in [0.25, 0.3) is 0 Å². The molecule has 0 bridgehead atoms. The molecule has 2 aliphatic rings. The second kappa shape index (κ2) is 6.89. The minimum Gasteiger partial charge on any atom is -0.341 e. The molecule has 0 saturated carbocycles. The fraction of sp³-hybridized carbons (Fsp3) is 0.444. The van der Waals surface area contributed by atoms with Gasteiger partial charge in [-0.3, -0.25) is 0 Å². The van der Waals surface area contributed by atoms with Gasteiger partial charge in [0.1, 0.15) is 0 Å². The molecule has 2 aliphatic heterocycles. The van der Waals surface area contributed by atoms with E-state index in [-0.39, 0.29) is 0 Å².